The molecular formula is C5H10ClN3. The van der Waals surface area contributed by atoms with Crippen molar-refractivity contribution in [3.05, 3.63) is 11.6 Å². The van der Waals surface area contributed by atoms with Crippen LogP contribution in [0.5, 0.6) is 0 Å². The Morgan fingerprint density at radius 2 is 2.11 bits per heavy atom. The Morgan fingerprint density at radius 3 is 2.22 bits per heavy atom. The third-order valence-corrected chi connectivity index (χ3v) is 0.745. The number of rotatable bonds is 0. The number of halogens is 1. The van der Waals surface area contributed by atoms with E-state index in [1.807, 2.05) is 13.8 Å². The molecule has 0 spiro atoms. The summed E-state index contributed by atoms with van der Waals surface area (Å²) in [7, 11) is 1.76. The number of hydrogen-bond donors (Lipinski definition) is 0. The molecule has 0 fully saturated rings. The SMILES string of the molecule is CC.Cn1cnc(Cl)n1. The molecule has 0 saturated heterocycles. The van der Waals surface area contributed by atoms with Crippen molar-refractivity contribution in [3.8, 4) is 0 Å². The standard InChI is InChI=1S/C3H4ClN3.C2H6/c1-7-2-5-3(4)6-7;1-2/h2H,1H3;1-2H3. The van der Waals surface area contributed by atoms with E-state index in [0.717, 1.165) is 0 Å². The summed E-state index contributed by atoms with van der Waals surface area (Å²) in [5.74, 6) is 0. The average molecular weight is 148 g/mol. The minimum atomic E-state index is 0.294. The zero-order valence-corrected chi connectivity index (χ0v) is 6.55. The highest BCUT2D eigenvalue weighted by atomic mass is 35.5. The molecule has 0 atom stereocenters. The summed E-state index contributed by atoms with van der Waals surface area (Å²) in [6, 6.07) is 0. The average Bonchev–Trinajstić information content (AvgIpc) is 2.20. The predicted molar refractivity (Wildman–Crippen MR) is 37.4 cm³/mol. The topological polar surface area (TPSA) is 30.7 Å². The van der Waals surface area contributed by atoms with Gasteiger partial charge in [-0.3, -0.25) is 4.68 Å². The first kappa shape index (κ1) is 8.43. The maximum atomic E-state index is 5.32. The van der Waals surface area contributed by atoms with E-state index in [4.69, 9.17) is 11.6 Å². The van der Waals surface area contributed by atoms with Crippen LogP contribution in [0.4, 0.5) is 0 Å². The molecule has 4 heteroatoms. The van der Waals surface area contributed by atoms with Crippen molar-refractivity contribution in [2.24, 2.45) is 7.05 Å². The largest absolute Gasteiger partial charge is 0.254 e. The lowest BCUT2D eigenvalue weighted by atomic mass is 11.0. The van der Waals surface area contributed by atoms with E-state index >= 15 is 0 Å². The number of aromatic nitrogens is 3. The summed E-state index contributed by atoms with van der Waals surface area (Å²) in [4.78, 5) is 3.63. The summed E-state index contributed by atoms with van der Waals surface area (Å²) in [6.45, 7) is 4.00. The van der Waals surface area contributed by atoms with Crippen LogP contribution in [0.15, 0.2) is 6.33 Å². The van der Waals surface area contributed by atoms with Gasteiger partial charge in [-0.25, -0.2) is 4.98 Å². The third kappa shape index (κ3) is 3.08. The van der Waals surface area contributed by atoms with Crippen molar-refractivity contribution >= 4 is 11.6 Å². The van der Waals surface area contributed by atoms with Gasteiger partial charge in [-0.05, 0) is 11.6 Å². The first-order valence-corrected chi connectivity index (χ1v) is 3.18. The van der Waals surface area contributed by atoms with Crippen LogP contribution in [0, 0.1) is 0 Å². The van der Waals surface area contributed by atoms with Crippen LogP contribution >= 0.6 is 11.6 Å². The Morgan fingerprint density at radius 1 is 1.56 bits per heavy atom. The van der Waals surface area contributed by atoms with Gasteiger partial charge in [0.15, 0.2) is 0 Å². The lowest BCUT2D eigenvalue weighted by molar-refractivity contribution is 0.766. The van der Waals surface area contributed by atoms with E-state index in [1.54, 1.807) is 18.1 Å². The molecule has 1 aromatic heterocycles. The maximum Gasteiger partial charge on any atom is 0.242 e. The molecule has 9 heavy (non-hydrogen) atoms. The van der Waals surface area contributed by atoms with E-state index < -0.39 is 0 Å². The van der Waals surface area contributed by atoms with Crippen molar-refractivity contribution in [1.29, 1.82) is 0 Å². The van der Waals surface area contributed by atoms with Gasteiger partial charge in [-0.2, -0.15) is 0 Å². The van der Waals surface area contributed by atoms with Gasteiger partial charge in [0.1, 0.15) is 6.33 Å². The van der Waals surface area contributed by atoms with E-state index in [2.05, 4.69) is 10.1 Å². The highest BCUT2D eigenvalue weighted by Gasteiger charge is 1.86. The van der Waals surface area contributed by atoms with Gasteiger partial charge >= 0.3 is 0 Å². The Hall–Kier alpha value is -0.570. The van der Waals surface area contributed by atoms with E-state index in [0.29, 0.717) is 5.28 Å². The fraction of sp³-hybridized carbons (Fsp3) is 0.600. The smallest absolute Gasteiger partial charge is 0.242 e. The van der Waals surface area contributed by atoms with Gasteiger partial charge in [0.25, 0.3) is 0 Å². The summed E-state index contributed by atoms with van der Waals surface area (Å²) in [6.07, 6.45) is 1.54. The maximum absolute atomic E-state index is 5.32. The Kier molecular flexibility index (Phi) is 4.05. The van der Waals surface area contributed by atoms with Crippen LogP contribution in [0.25, 0.3) is 0 Å². The molecule has 1 aromatic rings. The summed E-state index contributed by atoms with van der Waals surface area (Å²) in [5.41, 5.74) is 0. The zero-order valence-electron chi connectivity index (χ0n) is 5.80. The highest BCUT2D eigenvalue weighted by Crippen LogP contribution is 1.92. The molecule has 0 aliphatic heterocycles. The van der Waals surface area contributed by atoms with Crippen LogP contribution in [0.2, 0.25) is 5.28 Å². The summed E-state index contributed by atoms with van der Waals surface area (Å²) in [5, 5.41) is 3.98. The Balaban J connectivity index is 0.000000291. The van der Waals surface area contributed by atoms with Crippen LogP contribution in [0.3, 0.4) is 0 Å². The van der Waals surface area contributed by atoms with Crippen LogP contribution in [-0.4, -0.2) is 14.8 Å². The molecule has 1 heterocycles. The molecule has 0 N–H and O–H groups in total. The minimum absolute atomic E-state index is 0.294. The second kappa shape index (κ2) is 4.32. The van der Waals surface area contributed by atoms with E-state index in [1.165, 1.54) is 0 Å². The molecule has 3 nitrogen and oxygen atoms in total. The van der Waals surface area contributed by atoms with Gasteiger partial charge in [-0.1, -0.05) is 13.8 Å². The molecule has 0 radical (unpaired) electrons. The van der Waals surface area contributed by atoms with E-state index in [-0.39, 0.29) is 0 Å². The molecule has 0 aliphatic carbocycles. The van der Waals surface area contributed by atoms with Gasteiger partial charge in [-0.15, -0.1) is 5.10 Å². The van der Waals surface area contributed by atoms with E-state index in [9.17, 15) is 0 Å². The molecule has 0 aliphatic rings. The number of hydrogen-bond acceptors (Lipinski definition) is 2. The highest BCUT2D eigenvalue weighted by molar-refractivity contribution is 6.28. The lowest BCUT2D eigenvalue weighted by Gasteiger charge is -1.75. The summed E-state index contributed by atoms with van der Waals surface area (Å²) < 4.78 is 1.54. The zero-order chi connectivity index (χ0) is 7.28. The molecule has 1 rings (SSSR count). The quantitative estimate of drug-likeness (QED) is 0.557. The fourth-order valence-electron chi connectivity index (χ4n) is 0.313. The van der Waals surface area contributed by atoms with Gasteiger partial charge in [0.05, 0.1) is 0 Å². The van der Waals surface area contributed by atoms with Crippen LogP contribution < -0.4 is 0 Å². The second-order valence-corrected chi connectivity index (χ2v) is 1.53. The molecular weight excluding hydrogens is 138 g/mol. The molecule has 0 bridgehead atoms. The predicted octanol–water partition coefficient (Wildman–Crippen LogP) is 1.49. The molecule has 52 valence electrons. The first-order chi connectivity index (χ1) is 4.29. The van der Waals surface area contributed by atoms with Crippen LogP contribution in [0.1, 0.15) is 13.8 Å². The Labute approximate surface area is 59.7 Å². The van der Waals surface area contributed by atoms with Crippen LogP contribution in [-0.2, 0) is 7.05 Å². The minimum Gasteiger partial charge on any atom is -0.254 e. The normalized spacial score (nSPS) is 8.00. The first-order valence-electron chi connectivity index (χ1n) is 2.80. The van der Waals surface area contributed by atoms with Crippen molar-refractivity contribution < 1.29 is 0 Å². The molecule has 0 amide bonds. The summed E-state index contributed by atoms with van der Waals surface area (Å²) >= 11 is 5.32. The monoisotopic (exact) mass is 147 g/mol. The lowest BCUT2D eigenvalue weighted by Crippen LogP contribution is -1.84. The number of nitrogens with zero attached hydrogens (tertiary/aromatic N) is 3. The molecule has 0 aromatic carbocycles. The van der Waals surface area contributed by atoms with Crippen molar-refractivity contribution in [1.82, 2.24) is 14.8 Å². The Bertz CT molecular complexity index is 144. The van der Waals surface area contributed by atoms with Crippen molar-refractivity contribution in [2.75, 3.05) is 0 Å². The van der Waals surface area contributed by atoms with Gasteiger partial charge < -0.3 is 0 Å². The fourth-order valence-corrected chi connectivity index (χ4v) is 0.476. The molecule has 0 unspecified atom stereocenters. The second-order valence-electron chi connectivity index (χ2n) is 1.19. The van der Waals surface area contributed by atoms with Crippen molar-refractivity contribution in [3.63, 3.8) is 0 Å². The third-order valence-electron chi connectivity index (χ3n) is 0.572. The molecule has 0 saturated carbocycles. The van der Waals surface area contributed by atoms with Gasteiger partial charge in [0, 0.05) is 7.05 Å². The van der Waals surface area contributed by atoms with Gasteiger partial charge in [0.2, 0.25) is 5.28 Å². The van der Waals surface area contributed by atoms with Crippen molar-refractivity contribution in [2.45, 2.75) is 13.8 Å². The number of aryl methyl sites for hydroxylation is 1.